The van der Waals surface area contributed by atoms with E-state index in [0.717, 1.165) is 10.8 Å². The van der Waals surface area contributed by atoms with Crippen molar-refractivity contribution in [3.8, 4) is 0 Å². The molecule has 1 amide bonds. The van der Waals surface area contributed by atoms with Gasteiger partial charge in [0.2, 0.25) is 0 Å². The molecule has 0 saturated heterocycles. The van der Waals surface area contributed by atoms with Gasteiger partial charge in [-0.15, -0.1) is 0 Å². The minimum Gasteiger partial charge on any atom is -0.456 e. The van der Waals surface area contributed by atoms with Crippen LogP contribution in [0.4, 0.5) is 4.79 Å². The predicted octanol–water partition coefficient (Wildman–Crippen LogP) is 5.35. The average Bonchev–Trinajstić information content (AvgIpc) is 2.96. The van der Waals surface area contributed by atoms with Crippen LogP contribution in [-0.2, 0) is 16.0 Å². The summed E-state index contributed by atoms with van der Waals surface area (Å²) in [7, 11) is 0. The number of aromatic nitrogens is 2. The molecule has 1 aromatic carbocycles. The molecule has 7 nitrogen and oxygen atoms in total. The first kappa shape index (κ1) is 21.9. The minimum absolute atomic E-state index is 0.0202. The lowest BCUT2D eigenvalue weighted by molar-refractivity contribution is 0.00695. The third kappa shape index (κ3) is 5.02. The molecule has 160 valence electrons. The number of alkyl carbamates (subject to hydrolysis) is 1. The summed E-state index contributed by atoms with van der Waals surface area (Å²) >= 11 is 6.13. The fourth-order valence-electron chi connectivity index (χ4n) is 3.04. The van der Waals surface area contributed by atoms with Crippen LogP contribution in [0.2, 0.25) is 5.15 Å². The molecule has 0 atom stereocenters. The van der Waals surface area contributed by atoms with Gasteiger partial charge in [0, 0.05) is 22.4 Å². The Balaban J connectivity index is 2.08. The summed E-state index contributed by atoms with van der Waals surface area (Å²) < 4.78 is 10.9. The molecular weight excluding hydrogens is 406 g/mol. The Morgan fingerprint density at radius 2 is 1.73 bits per heavy atom. The Morgan fingerprint density at radius 1 is 1.07 bits per heavy atom. The maximum absolute atomic E-state index is 13.0. The molecule has 0 spiro atoms. The number of rotatable bonds is 3. The quantitative estimate of drug-likeness (QED) is 0.430. The highest BCUT2D eigenvalue weighted by Crippen LogP contribution is 2.31. The summed E-state index contributed by atoms with van der Waals surface area (Å²) in [5.41, 5.74) is 0.0332. The summed E-state index contributed by atoms with van der Waals surface area (Å²) in [6, 6.07) is 5.46. The van der Waals surface area contributed by atoms with Gasteiger partial charge < -0.3 is 19.8 Å². The Morgan fingerprint density at radius 3 is 2.37 bits per heavy atom. The zero-order valence-electron chi connectivity index (χ0n) is 18.0. The number of nitrogens with one attached hydrogen (secondary N) is 2. The number of aromatic amines is 1. The smallest absolute Gasteiger partial charge is 0.407 e. The van der Waals surface area contributed by atoms with Crippen LogP contribution in [-0.4, -0.2) is 33.2 Å². The molecule has 8 heteroatoms. The van der Waals surface area contributed by atoms with Crippen molar-refractivity contribution in [2.75, 3.05) is 0 Å². The summed E-state index contributed by atoms with van der Waals surface area (Å²) in [6.07, 6.45) is 1.18. The van der Waals surface area contributed by atoms with Crippen LogP contribution in [0.1, 0.15) is 57.6 Å². The molecule has 30 heavy (non-hydrogen) atoms. The van der Waals surface area contributed by atoms with Crippen molar-refractivity contribution >= 4 is 45.3 Å². The van der Waals surface area contributed by atoms with Gasteiger partial charge in [-0.1, -0.05) is 23.7 Å². The van der Waals surface area contributed by atoms with E-state index in [2.05, 4.69) is 15.3 Å². The number of halogens is 1. The number of nitrogens with zero attached hydrogens (tertiary/aromatic N) is 1. The van der Waals surface area contributed by atoms with Crippen LogP contribution in [0.15, 0.2) is 24.4 Å². The number of hydrogen-bond donors (Lipinski definition) is 2. The highest BCUT2D eigenvalue weighted by atomic mass is 35.5. The van der Waals surface area contributed by atoms with Crippen molar-refractivity contribution in [3.63, 3.8) is 0 Å². The molecule has 0 aliphatic heterocycles. The van der Waals surface area contributed by atoms with Gasteiger partial charge in [0.25, 0.3) is 0 Å². The van der Waals surface area contributed by atoms with Crippen molar-refractivity contribution in [2.24, 2.45) is 0 Å². The van der Waals surface area contributed by atoms with E-state index in [0.29, 0.717) is 27.3 Å². The molecule has 3 rings (SSSR count). The monoisotopic (exact) mass is 431 g/mol. The van der Waals surface area contributed by atoms with Crippen LogP contribution >= 0.6 is 11.6 Å². The third-order valence-corrected chi connectivity index (χ3v) is 4.31. The molecule has 0 aliphatic carbocycles. The molecule has 2 heterocycles. The van der Waals surface area contributed by atoms with Crippen molar-refractivity contribution in [1.82, 2.24) is 15.3 Å². The van der Waals surface area contributed by atoms with E-state index in [1.165, 1.54) is 0 Å². The summed E-state index contributed by atoms with van der Waals surface area (Å²) in [5.74, 6) is -0.501. The number of carbonyl (C=O) groups excluding carboxylic acids is 2. The van der Waals surface area contributed by atoms with Gasteiger partial charge in [0.05, 0.1) is 23.3 Å². The number of esters is 1. The molecule has 2 aromatic heterocycles. The lowest BCUT2D eigenvalue weighted by Crippen LogP contribution is -2.32. The van der Waals surface area contributed by atoms with Crippen molar-refractivity contribution in [1.29, 1.82) is 0 Å². The van der Waals surface area contributed by atoms with E-state index < -0.39 is 23.3 Å². The maximum atomic E-state index is 13.0. The topological polar surface area (TPSA) is 93.3 Å². The number of H-pyrrole nitrogens is 1. The average molecular weight is 432 g/mol. The molecule has 0 fully saturated rings. The summed E-state index contributed by atoms with van der Waals surface area (Å²) in [5, 5.41) is 5.45. The maximum Gasteiger partial charge on any atom is 0.407 e. The Bertz CT molecular complexity index is 1120. The van der Waals surface area contributed by atoms with Gasteiger partial charge in [-0.2, -0.15) is 0 Å². The van der Waals surface area contributed by atoms with Crippen LogP contribution in [0.3, 0.4) is 0 Å². The predicted molar refractivity (Wildman–Crippen MR) is 117 cm³/mol. The summed E-state index contributed by atoms with van der Waals surface area (Å²) in [6.45, 7) is 10.8. The Labute approximate surface area is 180 Å². The Hall–Kier alpha value is -2.80. The number of ether oxygens (including phenoxy) is 2. The molecule has 3 aromatic rings. The molecular formula is C22H26ClN3O4. The second-order valence-corrected chi connectivity index (χ2v) is 9.44. The highest BCUT2D eigenvalue weighted by molar-refractivity contribution is 6.30. The molecule has 2 N–H and O–H groups in total. The largest absolute Gasteiger partial charge is 0.456 e. The van der Waals surface area contributed by atoms with Gasteiger partial charge in [0.1, 0.15) is 16.4 Å². The molecule has 0 bridgehead atoms. The SMILES string of the molecule is CC(C)(C)OC(=O)NCc1nc2c(ccc3c[nH]c(Cl)cc32)c1C(=O)OC(C)(C)C. The van der Waals surface area contributed by atoms with E-state index in [9.17, 15) is 9.59 Å². The van der Waals surface area contributed by atoms with Crippen LogP contribution in [0.5, 0.6) is 0 Å². The zero-order valence-corrected chi connectivity index (χ0v) is 18.7. The van der Waals surface area contributed by atoms with E-state index in [-0.39, 0.29) is 6.54 Å². The van der Waals surface area contributed by atoms with Crippen LogP contribution < -0.4 is 5.32 Å². The number of hydrogen-bond acceptors (Lipinski definition) is 5. The van der Waals surface area contributed by atoms with E-state index in [4.69, 9.17) is 21.1 Å². The molecule has 0 saturated carbocycles. The number of carbonyl (C=O) groups is 2. The fourth-order valence-corrected chi connectivity index (χ4v) is 3.20. The van der Waals surface area contributed by atoms with E-state index in [1.54, 1.807) is 53.8 Å². The normalized spacial score (nSPS) is 12.2. The zero-order chi connectivity index (χ0) is 22.3. The fraction of sp³-hybridized carbons (Fsp3) is 0.409. The van der Waals surface area contributed by atoms with Crippen molar-refractivity contribution < 1.29 is 19.1 Å². The van der Waals surface area contributed by atoms with Crippen LogP contribution in [0, 0.1) is 0 Å². The van der Waals surface area contributed by atoms with Gasteiger partial charge >= 0.3 is 12.1 Å². The first-order valence-corrected chi connectivity index (χ1v) is 10.0. The van der Waals surface area contributed by atoms with E-state index >= 15 is 0 Å². The minimum atomic E-state index is -0.675. The standard InChI is InChI=1S/C22H26ClN3O4/c1-21(2,3)29-19(27)17-13-8-7-12-10-24-16(23)9-14(12)18(13)26-15(17)11-25-20(28)30-22(4,5)6/h7-10,24H,11H2,1-6H3,(H,25,28). The first-order valence-electron chi connectivity index (χ1n) is 9.63. The number of fused-ring (bicyclic) bond motifs is 3. The number of pyridine rings is 1. The Kier molecular flexibility index (Phi) is 5.69. The van der Waals surface area contributed by atoms with Gasteiger partial charge in [0.15, 0.2) is 0 Å². The first-order chi connectivity index (χ1) is 13.8. The molecule has 0 unspecified atom stereocenters. The summed E-state index contributed by atoms with van der Waals surface area (Å²) in [4.78, 5) is 32.7. The molecule has 0 aliphatic rings. The van der Waals surface area contributed by atoms with Crippen LogP contribution in [0.25, 0.3) is 21.7 Å². The number of benzene rings is 1. The highest BCUT2D eigenvalue weighted by Gasteiger charge is 2.26. The number of amides is 1. The van der Waals surface area contributed by atoms with Gasteiger partial charge in [-0.3, -0.25) is 0 Å². The van der Waals surface area contributed by atoms with Gasteiger partial charge in [-0.25, -0.2) is 14.6 Å². The van der Waals surface area contributed by atoms with E-state index in [1.807, 2.05) is 12.1 Å². The lowest BCUT2D eigenvalue weighted by atomic mass is 10.1. The van der Waals surface area contributed by atoms with Crippen molar-refractivity contribution in [3.05, 3.63) is 40.8 Å². The second-order valence-electron chi connectivity index (χ2n) is 9.04. The lowest BCUT2D eigenvalue weighted by Gasteiger charge is -2.20. The molecule has 0 radical (unpaired) electrons. The van der Waals surface area contributed by atoms with Crippen molar-refractivity contribution in [2.45, 2.75) is 59.3 Å². The third-order valence-electron chi connectivity index (χ3n) is 4.09. The second kappa shape index (κ2) is 7.80. The van der Waals surface area contributed by atoms with Gasteiger partial charge in [-0.05, 0) is 47.6 Å².